The highest BCUT2D eigenvalue weighted by molar-refractivity contribution is 5.97. The lowest BCUT2D eigenvalue weighted by Crippen LogP contribution is -2.41. The largest absolute Gasteiger partial charge is 0.467 e. The summed E-state index contributed by atoms with van der Waals surface area (Å²) < 4.78 is 15.4. The molecule has 0 N–H and O–H groups in total. The third-order valence-corrected chi connectivity index (χ3v) is 4.89. The Morgan fingerprint density at radius 3 is 2.57 bits per heavy atom. The number of benzene rings is 2. The fourth-order valence-electron chi connectivity index (χ4n) is 3.47. The third-order valence-electron chi connectivity index (χ3n) is 4.89. The monoisotopic (exact) mass is 410 g/mol. The average molecular weight is 410 g/mol. The molecule has 0 unspecified atom stereocenters. The maximum atomic E-state index is 13.0. The quantitative estimate of drug-likeness (QED) is 0.228. The molecule has 1 amide bonds. The van der Waals surface area contributed by atoms with E-state index in [1.165, 1.54) is 12.0 Å². The van der Waals surface area contributed by atoms with Gasteiger partial charge in [0.05, 0.1) is 13.2 Å². The second-order valence-corrected chi connectivity index (χ2v) is 6.72. The van der Waals surface area contributed by atoms with Crippen molar-refractivity contribution in [1.82, 2.24) is 4.90 Å². The standard InChI is InChI=1S/C21H22N4O5/c1-28-13-30-19-6-4-3-5-17(19)14-7-9-15(10-8-14)20(26)25-12-16(23-24-22)11-18(25)21(27)29-2/h3-10,16,18H,11-13H2,1-2H3/t16-,18-/m0/s1. The molecule has 9 nitrogen and oxygen atoms in total. The molecule has 1 aliphatic rings. The lowest BCUT2D eigenvalue weighted by Gasteiger charge is -2.22. The van der Waals surface area contributed by atoms with Gasteiger partial charge in [-0.25, -0.2) is 4.79 Å². The summed E-state index contributed by atoms with van der Waals surface area (Å²) in [5, 5.41) is 3.66. The van der Waals surface area contributed by atoms with Gasteiger partial charge in [0.1, 0.15) is 11.8 Å². The molecular formula is C21H22N4O5. The maximum absolute atomic E-state index is 13.0. The zero-order valence-electron chi connectivity index (χ0n) is 16.7. The molecule has 2 aromatic rings. The van der Waals surface area contributed by atoms with Gasteiger partial charge in [0.15, 0.2) is 6.79 Å². The Labute approximate surface area is 173 Å². The lowest BCUT2D eigenvalue weighted by molar-refractivity contribution is -0.145. The number of azide groups is 1. The van der Waals surface area contributed by atoms with Gasteiger partial charge in [-0.3, -0.25) is 4.79 Å². The molecule has 0 saturated carbocycles. The second kappa shape index (κ2) is 9.78. The third kappa shape index (κ3) is 4.53. The van der Waals surface area contributed by atoms with E-state index in [1.807, 2.05) is 36.4 Å². The van der Waals surface area contributed by atoms with Crippen LogP contribution in [0.15, 0.2) is 53.6 Å². The minimum Gasteiger partial charge on any atom is -0.467 e. The number of carbonyl (C=O) groups excluding carboxylic acids is 2. The van der Waals surface area contributed by atoms with E-state index in [4.69, 9.17) is 19.7 Å². The minimum absolute atomic E-state index is 0.129. The molecule has 2 aromatic carbocycles. The van der Waals surface area contributed by atoms with E-state index in [0.29, 0.717) is 11.3 Å². The molecule has 0 bridgehead atoms. The number of amides is 1. The summed E-state index contributed by atoms with van der Waals surface area (Å²) in [5.74, 6) is -0.183. The van der Waals surface area contributed by atoms with Gasteiger partial charge in [-0.15, -0.1) is 0 Å². The first kappa shape index (κ1) is 21.2. The first-order valence-corrected chi connectivity index (χ1v) is 9.33. The predicted octanol–water partition coefficient (Wildman–Crippen LogP) is 3.40. The van der Waals surface area contributed by atoms with E-state index in [2.05, 4.69) is 10.0 Å². The number of methoxy groups -OCH3 is 2. The zero-order valence-corrected chi connectivity index (χ0v) is 16.7. The van der Waals surface area contributed by atoms with Crippen LogP contribution in [0, 0.1) is 0 Å². The highest BCUT2D eigenvalue weighted by Gasteiger charge is 2.40. The lowest BCUT2D eigenvalue weighted by atomic mass is 10.0. The number of ether oxygens (including phenoxy) is 3. The van der Waals surface area contributed by atoms with Crippen molar-refractivity contribution >= 4 is 11.9 Å². The van der Waals surface area contributed by atoms with E-state index in [9.17, 15) is 9.59 Å². The van der Waals surface area contributed by atoms with Crippen LogP contribution in [-0.2, 0) is 14.3 Å². The molecule has 2 atom stereocenters. The van der Waals surface area contributed by atoms with E-state index in [-0.39, 0.29) is 25.7 Å². The average Bonchev–Trinajstić information content (AvgIpc) is 3.21. The van der Waals surface area contributed by atoms with Crippen LogP contribution in [0.1, 0.15) is 16.8 Å². The molecule has 0 aliphatic carbocycles. The Morgan fingerprint density at radius 1 is 1.17 bits per heavy atom. The molecule has 156 valence electrons. The highest BCUT2D eigenvalue weighted by atomic mass is 16.7. The number of hydrogen-bond acceptors (Lipinski definition) is 6. The smallest absolute Gasteiger partial charge is 0.328 e. The number of para-hydroxylation sites is 1. The van der Waals surface area contributed by atoms with Crippen LogP contribution >= 0.6 is 0 Å². The fraction of sp³-hybridized carbons (Fsp3) is 0.333. The highest BCUT2D eigenvalue weighted by Crippen LogP contribution is 2.31. The number of hydrogen-bond donors (Lipinski definition) is 0. The Bertz CT molecular complexity index is 956. The van der Waals surface area contributed by atoms with Gasteiger partial charge in [-0.05, 0) is 35.7 Å². The van der Waals surface area contributed by atoms with Gasteiger partial charge >= 0.3 is 5.97 Å². The zero-order chi connectivity index (χ0) is 21.5. The molecule has 3 rings (SSSR count). The molecule has 0 aromatic heterocycles. The molecule has 0 spiro atoms. The van der Waals surface area contributed by atoms with Gasteiger partial charge in [0.2, 0.25) is 0 Å². The summed E-state index contributed by atoms with van der Waals surface area (Å²) in [5.41, 5.74) is 10.8. The van der Waals surface area contributed by atoms with Gasteiger partial charge in [-0.1, -0.05) is 35.4 Å². The van der Waals surface area contributed by atoms with Crippen molar-refractivity contribution in [3.8, 4) is 16.9 Å². The molecule has 0 radical (unpaired) electrons. The van der Waals surface area contributed by atoms with Gasteiger partial charge in [-0.2, -0.15) is 0 Å². The molecule has 1 fully saturated rings. The second-order valence-electron chi connectivity index (χ2n) is 6.72. The van der Waals surface area contributed by atoms with Crippen LogP contribution in [0.4, 0.5) is 0 Å². The first-order valence-electron chi connectivity index (χ1n) is 9.33. The van der Waals surface area contributed by atoms with Gasteiger partial charge < -0.3 is 19.1 Å². The van der Waals surface area contributed by atoms with Crippen molar-refractivity contribution in [2.75, 3.05) is 27.6 Å². The van der Waals surface area contributed by atoms with E-state index < -0.39 is 18.1 Å². The van der Waals surface area contributed by atoms with Crippen molar-refractivity contribution in [2.24, 2.45) is 5.11 Å². The van der Waals surface area contributed by atoms with Crippen LogP contribution in [0.5, 0.6) is 5.75 Å². The number of rotatable bonds is 7. The van der Waals surface area contributed by atoms with Crippen molar-refractivity contribution in [3.63, 3.8) is 0 Å². The van der Waals surface area contributed by atoms with E-state index in [1.54, 1.807) is 19.2 Å². The Morgan fingerprint density at radius 2 is 1.90 bits per heavy atom. The van der Waals surface area contributed by atoms with Crippen LogP contribution in [0.3, 0.4) is 0 Å². The van der Waals surface area contributed by atoms with E-state index in [0.717, 1.165) is 11.1 Å². The van der Waals surface area contributed by atoms with Crippen LogP contribution in [0.25, 0.3) is 21.6 Å². The van der Waals surface area contributed by atoms with Crippen molar-refractivity contribution in [2.45, 2.75) is 18.5 Å². The molecule has 9 heteroatoms. The summed E-state index contributed by atoms with van der Waals surface area (Å²) in [6.07, 6.45) is 0.241. The molecule has 1 aliphatic heterocycles. The van der Waals surface area contributed by atoms with Crippen molar-refractivity contribution in [3.05, 3.63) is 64.5 Å². The van der Waals surface area contributed by atoms with Crippen LogP contribution in [0.2, 0.25) is 0 Å². The number of likely N-dealkylation sites (tertiary alicyclic amines) is 1. The molecule has 1 saturated heterocycles. The normalized spacial score (nSPS) is 17.9. The van der Waals surface area contributed by atoms with Crippen LogP contribution < -0.4 is 4.74 Å². The number of esters is 1. The summed E-state index contributed by atoms with van der Waals surface area (Å²) in [7, 11) is 2.82. The first-order chi connectivity index (χ1) is 14.6. The molecular weight excluding hydrogens is 388 g/mol. The summed E-state index contributed by atoms with van der Waals surface area (Å²) in [4.78, 5) is 29.3. The SMILES string of the molecule is COCOc1ccccc1-c1ccc(C(=O)N2C[C@@H](N=[N+]=[N-])C[C@H]2C(=O)OC)cc1. The van der Waals surface area contributed by atoms with Crippen molar-refractivity contribution in [1.29, 1.82) is 0 Å². The van der Waals surface area contributed by atoms with Gasteiger partial charge in [0, 0.05) is 29.7 Å². The Hall–Kier alpha value is -3.55. The Kier molecular flexibility index (Phi) is 6.90. The fourth-order valence-corrected chi connectivity index (χ4v) is 3.47. The minimum atomic E-state index is -0.777. The summed E-state index contributed by atoms with van der Waals surface area (Å²) in [6.45, 7) is 0.294. The topological polar surface area (TPSA) is 114 Å². The predicted molar refractivity (Wildman–Crippen MR) is 109 cm³/mol. The maximum Gasteiger partial charge on any atom is 0.328 e. The Balaban J connectivity index is 1.83. The summed E-state index contributed by atoms with van der Waals surface area (Å²) >= 11 is 0. The van der Waals surface area contributed by atoms with Crippen molar-refractivity contribution < 1.29 is 23.8 Å². The van der Waals surface area contributed by atoms with E-state index >= 15 is 0 Å². The molecule has 1 heterocycles. The number of nitrogens with zero attached hydrogens (tertiary/aromatic N) is 4. The number of carbonyl (C=O) groups is 2. The molecule has 30 heavy (non-hydrogen) atoms. The summed E-state index contributed by atoms with van der Waals surface area (Å²) in [6, 6.07) is 13.3. The van der Waals surface area contributed by atoms with Gasteiger partial charge in [0.25, 0.3) is 5.91 Å². The van der Waals surface area contributed by atoms with Crippen LogP contribution in [-0.4, -0.2) is 56.4 Å².